The van der Waals surface area contributed by atoms with E-state index in [0.717, 1.165) is 31.4 Å². The number of aryl methyl sites for hydroxylation is 1. The molecule has 1 aliphatic rings. The van der Waals surface area contributed by atoms with Crippen molar-refractivity contribution in [3.8, 4) is 0 Å². The van der Waals surface area contributed by atoms with Gasteiger partial charge in [0.25, 0.3) is 0 Å². The number of para-hydroxylation sites is 1. The first-order valence-electron chi connectivity index (χ1n) is 7.49. The lowest BCUT2D eigenvalue weighted by molar-refractivity contribution is -0.136. The third-order valence-corrected chi connectivity index (χ3v) is 3.98. The molecule has 2 rings (SSSR count). The number of benzene rings is 1. The molecule has 1 fully saturated rings. The quantitative estimate of drug-likeness (QED) is 0.875. The molecule has 2 amide bonds. The smallest absolute Gasteiger partial charge is 0.322 e. The van der Waals surface area contributed by atoms with Crippen LogP contribution in [0.1, 0.15) is 38.2 Å². The van der Waals surface area contributed by atoms with Gasteiger partial charge in [0.2, 0.25) is 0 Å². The molecule has 1 aromatic carbocycles. The Morgan fingerprint density at radius 1 is 1.38 bits per heavy atom. The Morgan fingerprint density at radius 2 is 2.14 bits per heavy atom. The van der Waals surface area contributed by atoms with Gasteiger partial charge >= 0.3 is 12.0 Å². The minimum Gasteiger partial charge on any atom is -0.481 e. The molecule has 0 spiro atoms. The van der Waals surface area contributed by atoms with Gasteiger partial charge in [0, 0.05) is 24.7 Å². The molecule has 21 heavy (non-hydrogen) atoms. The molecule has 1 aliphatic heterocycles. The monoisotopic (exact) mass is 290 g/mol. The average molecular weight is 290 g/mol. The molecule has 0 radical (unpaired) electrons. The van der Waals surface area contributed by atoms with Crippen LogP contribution in [-0.4, -0.2) is 34.6 Å². The highest BCUT2D eigenvalue weighted by Crippen LogP contribution is 2.23. The summed E-state index contributed by atoms with van der Waals surface area (Å²) in [6.07, 6.45) is 3.56. The molecule has 0 aromatic heterocycles. The number of rotatable bonds is 5. The molecule has 114 valence electrons. The maximum Gasteiger partial charge on any atom is 0.322 e. The lowest BCUT2D eigenvalue weighted by Crippen LogP contribution is -2.38. The van der Waals surface area contributed by atoms with E-state index in [1.165, 1.54) is 0 Å². The number of hydrogen-bond acceptors (Lipinski definition) is 2. The van der Waals surface area contributed by atoms with Crippen molar-refractivity contribution in [3.63, 3.8) is 0 Å². The predicted octanol–water partition coefficient (Wildman–Crippen LogP) is 3.11. The standard InChI is InChI=1S/C16H22N2O3/c1-2-13-7-5-11-18(13)16(21)17-14-8-4-3-6-12(14)9-10-15(19)20/h3-4,6,8,13H,2,5,7,9-11H2,1H3,(H,17,21)(H,19,20). The second kappa shape index (κ2) is 7.11. The van der Waals surface area contributed by atoms with E-state index in [0.29, 0.717) is 18.2 Å². The summed E-state index contributed by atoms with van der Waals surface area (Å²) in [6, 6.07) is 7.63. The minimum atomic E-state index is -0.832. The fourth-order valence-electron chi connectivity index (χ4n) is 2.82. The Kier molecular flexibility index (Phi) is 5.20. The fourth-order valence-corrected chi connectivity index (χ4v) is 2.82. The highest BCUT2D eigenvalue weighted by molar-refractivity contribution is 5.90. The van der Waals surface area contributed by atoms with Crippen LogP contribution >= 0.6 is 0 Å². The maximum absolute atomic E-state index is 12.4. The van der Waals surface area contributed by atoms with Crippen LogP contribution in [0.5, 0.6) is 0 Å². The molecule has 1 heterocycles. The number of anilines is 1. The first kappa shape index (κ1) is 15.4. The molecule has 1 atom stereocenters. The zero-order valence-corrected chi connectivity index (χ0v) is 12.3. The Labute approximate surface area is 125 Å². The molecule has 0 bridgehead atoms. The molecule has 1 aromatic rings. The van der Waals surface area contributed by atoms with Crippen LogP contribution in [0.3, 0.4) is 0 Å². The molecular weight excluding hydrogens is 268 g/mol. The van der Waals surface area contributed by atoms with Gasteiger partial charge < -0.3 is 15.3 Å². The Balaban J connectivity index is 2.05. The molecule has 0 saturated carbocycles. The Bertz CT molecular complexity index is 516. The molecular formula is C16H22N2O3. The topological polar surface area (TPSA) is 69.6 Å². The second-order valence-corrected chi connectivity index (χ2v) is 5.38. The largest absolute Gasteiger partial charge is 0.481 e. The van der Waals surface area contributed by atoms with Gasteiger partial charge in [-0.25, -0.2) is 4.79 Å². The summed E-state index contributed by atoms with van der Waals surface area (Å²) in [5, 5.41) is 11.7. The lowest BCUT2D eigenvalue weighted by Gasteiger charge is -2.24. The number of nitrogens with one attached hydrogen (secondary N) is 1. The summed E-state index contributed by atoms with van der Waals surface area (Å²) in [4.78, 5) is 25.0. The molecule has 5 heteroatoms. The number of hydrogen-bond donors (Lipinski definition) is 2. The molecule has 5 nitrogen and oxygen atoms in total. The number of urea groups is 1. The highest BCUT2D eigenvalue weighted by atomic mass is 16.4. The van der Waals surface area contributed by atoms with Crippen molar-refractivity contribution in [1.82, 2.24) is 4.90 Å². The van der Waals surface area contributed by atoms with Crippen LogP contribution in [0, 0.1) is 0 Å². The van der Waals surface area contributed by atoms with E-state index in [1.54, 1.807) is 0 Å². The van der Waals surface area contributed by atoms with E-state index in [-0.39, 0.29) is 12.5 Å². The van der Waals surface area contributed by atoms with Crippen molar-refractivity contribution in [2.75, 3.05) is 11.9 Å². The maximum atomic E-state index is 12.4. The number of carboxylic acids is 1. The molecule has 0 aliphatic carbocycles. The van der Waals surface area contributed by atoms with Gasteiger partial charge in [-0.2, -0.15) is 0 Å². The SMILES string of the molecule is CCC1CCCN1C(=O)Nc1ccccc1CCC(=O)O. The summed E-state index contributed by atoms with van der Waals surface area (Å²) in [5.41, 5.74) is 1.57. The third-order valence-electron chi connectivity index (χ3n) is 3.98. The summed E-state index contributed by atoms with van der Waals surface area (Å²) >= 11 is 0. The summed E-state index contributed by atoms with van der Waals surface area (Å²) in [6.45, 7) is 2.89. The highest BCUT2D eigenvalue weighted by Gasteiger charge is 2.27. The van der Waals surface area contributed by atoms with Gasteiger partial charge in [-0.1, -0.05) is 25.1 Å². The summed E-state index contributed by atoms with van der Waals surface area (Å²) in [5.74, 6) is -0.832. The normalized spacial score (nSPS) is 17.8. The minimum absolute atomic E-state index is 0.0637. The zero-order chi connectivity index (χ0) is 15.2. The second-order valence-electron chi connectivity index (χ2n) is 5.38. The number of aliphatic carboxylic acids is 1. The molecule has 1 unspecified atom stereocenters. The Morgan fingerprint density at radius 3 is 2.86 bits per heavy atom. The number of nitrogens with zero attached hydrogens (tertiary/aromatic N) is 1. The number of amides is 2. The third kappa shape index (κ3) is 3.97. The lowest BCUT2D eigenvalue weighted by atomic mass is 10.1. The van der Waals surface area contributed by atoms with E-state index in [2.05, 4.69) is 12.2 Å². The van der Waals surface area contributed by atoms with Crippen molar-refractivity contribution < 1.29 is 14.7 Å². The predicted molar refractivity (Wildman–Crippen MR) is 81.4 cm³/mol. The van der Waals surface area contributed by atoms with Crippen LogP contribution in [0.15, 0.2) is 24.3 Å². The van der Waals surface area contributed by atoms with Gasteiger partial charge in [0.15, 0.2) is 0 Å². The van der Waals surface area contributed by atoms with Crippen molar-refractivity contribution in [1.29, 1.82) is 0 Å². The summed E-state index contributed by atoms with van der Waals surface area (Å²) in [7, 11) is 0. The van der Waals surface area contributed by atoms with Gasteiger partial charge in [-0.3, -0.25) is 4.79 Å². The van der Waals surface area contributed by atoms with Gasteiger partial charge in [-0.15, -0.1) is 0 Å². The van der Waals surface area contributed by atoms with Crippen molar-refractivity contribution in [2.24, 2.45) is 0 Å². The van der Waals surface area contributed by atoms with Gasteiger partial charge in [0.1, 0.15) is 0 Å². The average Bonchev–Trinajstić information content (AvgIpc) is 2.94. The first-order valence-corrected chi connectivity index (χ1v) is 7.49. The van der Waals surface area contributed by atoms with Crippen molar-refractivity contribution in [2.45, 2.75) is 45.1 Å². The van der Waals surface area contributed by atoms with E-state index in [4.69, 9.17) is 5.11 Å². The molecule has 1 saturated heterocycles. The number of carbonyl (C=O) groups excluding carboxylic acids is 1. The number of carboxylic acid groups (broad SMARTS) is 1. The van der Waals surface area contributed by atoms with E-state index in [9.17, 15) is 9.59 Å². The van der Waals surface area contributed by atoms with Crippen LogP contribution in [0.25, 0.3) is 0 Å². The number of likely N-dealkylation sites (tertiary alicyclic amines) is 1. The van der Waals surface area contributed by atoms with Crippen molar-refractivity contribution in [3.05, 3.63) is 29.8 Å². The molecule has 2 N–H and O–H groups in total. The zero-order valence-electron chi connectivity index (χ0n) is 12.3. The fraction of sp³-hybridized carbons (Fsp3) is 0.500. The van der Waals surface area contributed by atoms with Crippen LogP contribution in [0.4, 0.5) is 10.5 Å². The van der Waals surface area contributed by atoms with E-state index in [1.807, 2.05) is 29.2 Å². The van der Waals surface area contributed by atoms with Crippen LogP contribution in [-0.2, 0) is 11.2 Å². The van der Waals surface area contributed by atoms with E-state index >= 15 is 0 Å². The first-order chi connectivity index (χ1) is 10.1. The van der Waals surface area contributed by atoms with E-state index < -0.39 is 5.97 Å². The Hall–Kier alpha value is -2.04. The van der Waals surface area contributed by atoms with Crippen LogP contribution in [0.2, 0.25) is 0 Å². The summed E-state index contributed by atoms with van der Waals surface area (Å²) < 4.78 is 0. The number of carbonyl (C=O) groups is 2. The van der Waals surface area contributed by atoms with Crippen molar-refractivity contribution >= 4 is 17.7 Å². The van der Waals surface area contributed by atoms with Gasteiger partial charge in [0.05, 0.1) is 0 Å². The van der Waals surface area contributed by atoms with Crippen LogP contribution < -0.4 is 5.32 Å². The van der Waals surface area contributed by atoms with Gasteiger partial charge in [-0.05, 0) is 37.3 Å².